The molecule has 0 aliphatic carbocycles. The van der Waals surface area contributed by atoms with E-state index in [2.05, 4.69) is 29.8 Å². The monoisotopic (exact) mass is 256 g/mol. The van der Waals surface area contributed by atoms with Crippen LogP contribution in [-0.4, -0.2) is 5.11 Å². The first kappa shape index (κ1) is 11.7. The third-order valence-corrected chi connectivity index (χ3v) is 3.18. The van der Waals surface area contributed by atoms with E-state index in [1.807, 2.05) is 24.3 Å². The third-order valence-electron chi connectivity index (χ3n) is 2.69. The van der Waals surface area contributed by atoms with Gasteiger partial charge in [-0.25, -0.2) is 0 Å². The molecule has 1 rings (SSSR count). The van der Waals surface area contributed by atoms with Gasteiger partial charge in [0.15, 0.2) is 0 Å². The molecule has 2 heteroatoms. The van der Waals surface area contributed by atoms with Gasteiger partial charge in [-0.3, -0.25) is 0 Å². The Balaban J connectivity index is 2.82. The molecule has 0 bridgehead atoms. The van der Waals surface area contributed by atoms with Gasteiger partial charge in [0.2, 0.25) is 0 Å². The van der Waals surface area contributed by atoms with Gasteiger partial charge in [-0.05, 0) is 23.6 Å². The Morgan fingerprint density at radius 3 is 2.43 bits per heavy atom. The van der Waals surface area contributed by atoms with Gasteiger partial charge in [-0.1, -0.05) is 54.8 Å². The second-order valence-corrected chi connectivity index (χ2v) is 4.49. The molecule has 0 aromatic heterocycles. The molecule has 0 spiro atoms. The van der Waals surface area contributed by atoms with Gasteiger partial charge in [0.25, 0.3) is 0 Å². The zero-order valence-electron chi connectivity index (χ0n) is 8.70. The lowest BCUT2D eigenvalue weighted by molar-refractivity contribution is 0.103. The van der Waals surface area contributed by atoms with Gasteiger partial charge in [0.1, 0.15) is 0 Å². The minimum atomic E-state index is -0.331. The van der Waals surface area contributed by atoms with E-state index >= 15 is 0 Å². The molecule has 0 heterocycles. The lowest BCUT2D eigenvalue weighted by Crippen LogP contribution is -2.10. The Labute approximate surface area is 94.3 Å². The van der Waals surface area contributed by atoms with E-state index in [4.69, 9.17) is 0 Å². The quantitative estimate of drug-likeness (QED) is 0.866. The Hall–Kier alpha value is -0.340. The highest BCUT2D eigenvalue weighted by molar-refractivity contribution is 9.10. The molecule has 1 aromatic rings. The summed E-state index contributed by atoms with van der Waals surface area (Å²) in [5, 5.41) is 10.1. The summed E-state index contributed by atoms with van der Waals surface area (Å²) in [5.41, 5.74) is 1.01. The fourth-order valence-electron chi connectivity index (χ4n) is 1.70. The van der Waals surface area contributed by atoms with E-state index in [-0.39, 0.29) is 6.10 Å². The van der Waals surface area contributed by atoms with Gasteiger partial charge in [-0.15, -0.1) is 0 Å². The summed E-state index contributed by atoms with van der Waals surface area (Å²) in [7, 11) is 0. The highest BCUT2D eigenvalue weighted by Gasteiger charge is 2.17. The maximum Gasteiger partial charge on any atom is 0.0818 e. The molecule has 1 unspecified atom stereocenters. The molecule has 1 N–H and O–H groups in total. The fourth-order valence-corrected chi connectivity index (χ4v) is 2.11. The molecule has 0 saturated heterocycles. The van der Waals surface area contributed by atoms with Crippen LogP contribution in [0.25, 0.3) is 0 Å². The fraction of sp³-hybridized carbons (Fsp3) is 0.500. The average molecular weight is 257 g/mol. The summed E-state index contributed by atoms with van der Waals surface area (Å²) in [4.78, 5) is 0. The van der Waals surface area contributed by atoms with Gasteiger partial charge >= 0.3 is 0 Å². The van der Waals surface area contributed by atoms with E-state index in [9.17, 15) is 5.11 Å². The van der Waals surface area contributed by atoms with Crippen molar-refractivity contribution in [2.75, 3.05) is 0 Å². The highest BCUT2D eigenvalue weighted by Crippen LogP contribution is 2.28. The number of hydrogen-bond donors (Lipinski definition) is 1. The molecule has 14 heavy (non-hydrogen) atoms. The number of rotatable bonds is 4. The molecule has 0 aliphatic heterocycles. The minimum absolute atomic E-state index is 0.331. The highest BCUT2D eigenvalue weighted by atomic mass is 79.9. The number of aliphatic hydroxyl groups is 1. The molecule has 0 radical (unpaired) electrons. The smallest absolute Gasteiger partial charge is 0.0818 e. The molecule has 1 aromatic carbocycles. The van der Waals surface area contributed by atoms with Crippen LogP contribution in [-0.2, 0) is 0 Å². The van der Waals surface area contributed by atoms with E-state index in [1.54, 1.807) is 0 Å². The summed E-state index contributed by atoms with van der Waals surface area (Å²) in [6, 6.07) is 7.91. The minimum Gasteiger partial charge on any atom is -0.388 e. The van der Waals surface area contributed by atoms with Gasteiger partial charge in [0, 0.05) is 4.47 Å². The van der Waals surface area contributed by atoms with Crippen molar-refractivity contribution in [2.45, 2.75) is 32.8 Å². The summed E-state index contributed by atoms with van der Waals surface area (Å²) < 4.78 is 1.03. The maximum atomic E-state index is 10.1. The Kier molecular flexibility index (Phi) is 4.63. The first-order valence-corrected chi connectivity index (χ1v) is 5.91. The van der Waals surface area contributed by atoms with E-state index in [0.717, 1.165) is 22.9 Å². The predicted molar refractivity (Wildman–Crippen MR) is 63.2 cm³/mol. The van der Waals surface area contributed by atoms with Gasteiger partial charge in [0.05, 0.1) is 6.10 Å². The zero-order valence-corrected chi connectivity index (χ0v) is 10.3. The van der Waals surface area contributed by atoms with Crippen molar-refractivity contribution in [3.8, 4) is 0 Å². The largest absolute Gasteiger partial charge is 0.388 e. The first-order valence-electron chi connectivity index (χ1n) is 5.12. The van der Waals surface area contributed by atoms with Crippen LogP contribution >= 0.6 is 15.9 Å². The number of benzene rings is 1. The molecule has 1 nitrogen and oxygen atoms in total. The molecule has 0 fully saturated rings. The number of aliphatic hydroxyl groups excluding tert-OH is 1. The summed E-state index contributed by atoms with van der Waals surface area (Å²) in [6.07, 6.45) is 1.71. The molecular weight excluding hydrogens is 240 g/mol. The van der Waals surface area contributed by atoms with Crippen molar-refractivity contribution in [1.82, 2.24) is 0 Å². The summed E-state index contributed by atoms with van der Waals surface area (Å²) >= 11 is 3.41. The number of hydrogen-bond acceptors (Lipinski definition) is 1. The van der Waals surface area contributed by atoms with E-state index < -0.39 is 0 Å². The van der Waals surface area contributed by atoms with Gasteiger partial charge < -0.3 is 5.11 Å². The van der Waals surface area contributed by atoms with Crippen LogP contribution in [0, 0.1) is 5.92 Å². The van der Waals surface area contributed by atoms with Crippen molar-refractivity contribution in [1.29, 1.82) is 0 Å². The van der Waals surface area contributed by atoms with Crippen molar-refractivity contribution in [3.63, 3.8) is 0 Å². The SMILES string of the molecule is CCC(CC)C(O)c1cccc(Br)c1. The first-order chi connectivity index (χ1) is 6.69. The van der Waals surface area contributed by atoms with Crippen LogP contribution in [0.15, 0.2) is 28.7 Å². The molecule has 0 amide bonds. The van der Waals surface area contributed by atoms with Gasteiger partial charge in [-0.2, -0.15) is 0 Å². The van der Waals surface area contributed by atoms with Crippen LogP contribution in [0.1, 0.15) is 38.4 Å². The molecule has 78 valence electrons. The lowest BCUT2D eigenvalue weighted by atomic mass is 9.91. The standard InChI is InChI=1S/C12H17BrO/c1-3-9(4-2)12(14)10-6-5-7-11(13)8-10/h5-9,12,14H,3-4H2,1-2H3. The summed E-state index contributed by atoms with van der Waals surface area (Å²) in [5.74, 6) is 0.365. The molecule has 0 saturated carbocycles. The molecular formula is C12H17BrO. The second-order valence-electron chi connectivity index (χ2n) is 3.58. The maximum absolute atomic E-state index is 10.1. The number of halogens is 1. The molecule has 1 atom stereocenters. The lowest BCUT2D eigenvalue weighted by Gasteiger charge is -2.20. The Bertz CT molecular complexity index is 281. The van der Waals surface area contributed by atoms with Crippen molar-refractivity contribution < 1.29 is 5.11 Å². The van der Waals surface area contributed by atoms with Crippen molar-refractivity contribution in [2.24, 2.45) is 5.92 Å². The van der Waals surface area contributed by atoms with Crippen LogP contribution in [0.3, 0.4) is 0 Å². The summed E-state index contributed by atoms with van der Waals surface area (Å²) in [6.45, 7) is 4.24. The van der Waals surface area contributed by atoms with Crippen LogP contribution in [0.4, 0.5) is 0 Å². The van der Waals surface area contributed by atoms with E-state index in [0.29, 0.717) is 5.92 Å². The van der Waals surface area contributed by atoms with Crippen LogP contribution in [0.5, 0.6) is 0 Å². The Morgan fingerprint density at radius 1 is 1.29 bits per heavy atom. The second kappa shape index (κ2) is 5.52. The zero-order chi connectivity index (χ0) is 10.6. The predicted octanol–water partition coefficient (Wildman–Crippen LogP) is 3.92. The third kappa shape index (κ3) is 2.82. The normalized spacial score (nSPS) is 13.2. The average Bonchev–Trinajstić information content (AvgIpc) is 2.19. The van der Waals surface area contributed by atoms with Crippen molar-refractivity contribution in [3.05, 3.63) is 34.3 Å². The van der Waals surface area contributed by atoms with Crippen molar-refractivity contribution >= 4 is 15.9 Å². The van der Waals surface area contributed by atoms with Crippen LogP contribution in [0.2, 0.25) is 0 Å². The molecule has 0 aliphatic rings. The Morgan fingerprint density at radius 2 is 1.93 bits per heavy atom. The van der Waals surface area contributed by atoms with E-state index in [1.165, 1.54) is 0 Å². The van der Waals surface area contributed by atoms with Crippen LogP contribution < -0.4 is 0 Å². The topological polar surface area (TPSA) is 20.2 Å².